The Kier molecular flexibility index (Phi) is 1.35. The third-order valence-corrected chi connectivity index (χ3v) is 3.91. The van der Waals surface area contributed by atoms with E-state index in [4.69, 9.17) is 5.26 Å². The van der Waals surface area contributed by atoms with Gasteiger partial charge in [-0.05, 0) is 17.3 Å². The van der Waals surface area contributed by atoms with Crippen LogP contribution >= 0.6 is 9.39 Å². The summed E-state index contributed by atoms with van der Waals surface area (Å²) < 4.78 is 2.10. The Balaban J connectivity index is 2.18. The Morgan fingerprint density at radius 3 is 2.64 bits per heavy atom. The Hall–Kier alpha value is -0.120. The van der Waals surface area contributed by atoms with Crippen molar-refractivity contribution in [2.75, 3.05) is 6.54 Å². The van der Waals surface area contributed by atoms with Gasteiger partial charge in [0.1, 0.15) is 6.04 Å². The second-order valence-electron chi connectivity index (χ2n) is 4.22. The lowest BCUT2D eigenvalue weighted by molar-refractivity contribution is 0.347. The minimum Gasteiger partial charge on any atom is -0.271 e. The molecule has 1 aliphatic carbocycles. The van der Waals surface area contributed by atoms with E-state index >= 15 is 0 Å². The maximum absolute atomic E-state index is 8.86. The molecule has 0 bridgehead atoms. The van der Waals surface area contributed by atoms with Crippen LogP contribution < -0.4 is 0 Å². The van der Waals surface area contributed by atoms with E-state index < -0.39 is 0 Å². The molecule has 0 amide bonds. The van der Waals surface area contributed by atoms with Crippen molar-refractivity contribution < 1.29 is 0 Å². The van der Waals surface area contributed by atoms with Gasteiger partial charge in [-0.3, -0.25) is 4.67 Å². The molecular weight excluding hydrogens is 155 g/mol. The van der Waals surface area contributed by atoms with Crippen LogP contribution in [0.5, 0.6) is 0 Å². The molecule has 0 aromatic heterocycles. The lowest BCUT2D eigenvalue weighted by atomic mass is 10.0. The van der Waals surface area contributed by atoms with Crippen molar-refractivity contribution in [1.29, 1.82) is 5.26 Å². The Morgan fingerprint density at radius 1 is 1.64 bits per heavy atom. The molecule has 2 nitrogen and oxygen atoms in total. The topological polar surface area (TPSA) is 27.0 Å². The predicted molar refractivity (Wildman–Crippen MR) is 46.6 cm³/mol. The van der Waals surface area contributed by atoms with Crippen molar-refractivity contribution in [2.45, 2.75) is 19.9 Å². The van der Waals surface area contributed by atoms with Crippen molar-refractivity contribution in [3.05, 3.63) is 0 Å². The van der Waals surface area contributed by atoms with Crippen molar-refractivity contribution in [3.8, 4) is 6.07 Å². The fourth-order valence-electron chi connectivity index (χ4n) is 2.46. The average Bonchev–Trinajstić information content (AvgIpc) is 2.38. The molecular formula is C8H13N2P. The molecule has 1 saturated heterocycles. The summed E-state index contributed by atoms with van der Waals surface area (Å²) in [6.07, 6.45) is 0. The van der Waals surface area contributed by atoms with Gasteiger partial charge in [-0.15, -0.1) is 0 Å². The first-order valence-corrected chi connectivity index (χ1v) is 4.51. The monoisotopic (exact) mass is 168 g/mol. The molecule has 4 atom stereocenters. The van der Waals surface area contributed by atoms with Crippen molar-refractivity contribution in [2.24, 2.45) is 17.3 Å². The van der Waals surface area contributed by atoms with E-state index in [1.54, 1.807) is 0 Å². The number of hydrogen-bond donors (Lipinski definition) is 0. The molecule has 1 heterocycles. The van der Waals surface area contributed by atoms with Crippen molar-refractivity contribution in [1.82, 2.24) is 4.67 Å². The molecule has 2 fully saturated rings. The van der Waals surface area contributed by atoms with Crippen LogP contribution in [0.3, 0.4) is 0 Å². The lowest BCUT2D eigenvalue weighted by Crippen LogP contribution is -2.26. The van der Waals surface area contributed by atoms with E-state index in [-0.39, 0.29) is 6.04 Å². The third-order valence-electron chi connectivity index (χ3n) is 3.38. The normalized spacial score (nSPS) is 46.5. The zero-order valence-electron chi connectivity index (χ0n) is 6.91. The van der Waals surface area contributed by atoms with E-state index in [0.717, 1.165) is 12.5 Å². The SMILES string of the molecule is CC1(C)C2CN(P)[C@H](C#N)C21. The first-order chi connectivity index (χ1) is 5.09. The predicted octanol–water partition coefficient (Wildman–Crippen LogP) is 1.26. The van der Waals surface area contributed by atoms with Crippen LogP contribution in [-0.2, 0) is 0 Å². The van der Waals surface area contributed by atoms with Crippen molar-refractivity contribution >= 4 is 9.39 Å². The summed E-state index contributed by atoms with van der Waals surface area (Å²) in [5.41, 5.74) is 0.438. The molecule has 2 aliphatic rings. The summed E-state index contributed by atoms with van der Waals surface area (Å²) in [5.74, 6) is 1.40. The first kappa shape index (κ1) is 7.53. The minimum atomic E-state index is 0.153. The highest BCUT2D eigenvalue weighted by molar-refractivity contribution is 7.13. The van der Waals surface area contributed by atoms with E-state index in [1.807, 2.05) is 0 Å². The summed E-state index contributed by atoms with van der Waals surface area (Å²) in [4.78, 5) is 0. The van der Waals surface area contributed by atoms with E-state index in [0.29, 0.717) is 11.3 Å². The van der Waals surface area contributed by atoms with Gasteiger partial charge in [0.05, 0.1) is 6.07 Å². The minimum absolute atomic E-state index is 0.153. The number of rotatable bonds is 0. The van der Waals surface area contributed by atoms with Crippen LogP contribution in [0.2, 0.25) is 0 Å². The van der Waals surface area contributed by atoms with Gasteiger partial charge in [0, 0.05) is 6.54 Å². The average molecular weight is 168 g/mol. The maximum atomic E-state index is 8.86. The molecule has 0 aromatic rings. The summed E-state index contributed by atoms with van der Waals surface area (Å²) >= 11 is 0. The van der Waals surface area contributed by atoms with Gasteiger partial charge >= 0.3 is 0 Å². The largest absolute Gasteiger partial charge is 0.271 e. The van der Waals surface area contributed by atoms with Gasteiger partial charge in [0.25, 0.3) is 0 Å². The summed E-state index contributed by atoms with van der Waals surface area (Å²) in [5, 5.41) is 8.86. The molecule has 1 saturated carbocycles. The fraction of sp³-hybridized carbons (Fsp3) is 0.875. The molecule has 0 aromatic carbocycles. The van der Waals surface area contributed by atoms with Crippen LogP contribution in [0.25, 0.3) is 0 Å². The molecule has 11 heavy (non-hydrogen) atoms. The summed E-state index contributed by atoms with van der Waals surface area (Å²) in [6.45, 7) is 5.62. The van der Waals surface area contributed by atoms with Crippen LogP contribution in [0.1, 0.15) is 13.8 Å². The number of nitriles is 1. The molecule has 3 unspecified atom stereocenters. The van der Waals surface area contributed by atoms with Gasteiger partial charge in [-0.2, -0.15) is 5.26 Å². The summed E-state index contributed by atoms with van der Waals surface area (Å²) in [6, 6.07) is 2.52. The Labute approximate surface area is 69.8 Å². The molecule has 60 valence electrons. The van der Waals surface area contributed by atoms with E-state index in [9.17, 15) is 0 Å². The smallest absolute Gasteiger partial charge is 0.104 e. The highest BCUT2D eigenvalue weighted by atomic mass is 31.0. The summed E-state index contributed by atoms with van der Waals surface area (Å²) in [7, 11) is 2.65. The van der Waals surface area contributed by atoms with Crippen LogP contribution in [-0.4, -0.2) is 17.3 Å². The molecule has 2 rings (SSSR count). The number of piperidine rings is 1. The van der Waals surface area contributed by atoms with Gasteiger partial charge in [0.15, 0.2) is 0 Å². The second-order valence-corrected chi connectivity index (χ2v) is 4.89. The van der Waals surface area contributed by atoms with Crippen molar-refractivity contribution in [3.63, 3.8) is 0 Å². The molecule has 0 radical (unpaired) electrons. The lowest BCUT2D eigenvalue weighted by Gasteiger charge is -2.20. The molecule has 3 heteroatoms. The fourth-order valence-corrected chi connectivity index (χ4v) is 2.94. The standard InChI is InChI=1S/C8H13N2P/c1-8(2)5-4-10(11)6(3-9)7(5)8/h5-7H,4,11H2,1-2H3/t5?,6-,7?/m1/s1. The number of hydrogen-bond acceptors (Lipinski definition) is 2. The van der Waals surface area contributed by atoms with Crippen LogP contribution in [0.4, 0.5) is 0 Å². The molecule has 0 spiro atoms. The first-order valence-electron chi connectivity index (χ1n) is 4.00. The molecule has 1 aliphatic heterocycles. The number of fused-ring (bicyclic) bond motifs is 1. The van der Waals surface area contributed by atoms with E-state index in [1.165, 1.54) is 0 Å². The van der Waals surface area contributed by atoms with Gasteiger partial charge in [-0.25, -0.2) is 0 Å². The van der Waals surface area contributed by atoms with Gasteiger partial charge in [0.2, 0.25) is 0 Å². The molecule has 0 N–H and O–H groups in total. The Bertz CT molecular complexity index is 231. The highest BCUT2D eigenvalue weighted by Gasteiger charge is 2.66. The Morgan fingerprint density at radius 2 is 2.27 bits per heavy atom. The quantitative estimate of drug-likeness (QED) is 0.509. The highest BCUT2D eigenvalue weighted by Crippen LogP contribution is 2.65. The zero-order chi connectivity index (χ0) is 8.22. The third kappa shape index (κ3) is 0.789. The van der Waals surface area contributed by atoms with Crippen LogP contribution in [0.15, 0.2) is 0 Å². The second kappa shape index (κ2) is 1.97. The van der Waals surface area contributed by atoms with Gasteiger partial charge in [-0.1, -0.05) is 23.2 Å². The number of nitrogens with zero attached hydrogens (tertiary/aromatic N) is 2. The van der Waals surface area contributed by atoms with Gasteiger partial charge < -0.3 is 0 Å². The van der Waals surface area contributed by atoms with E-state index in [2.05, 4.69) is 34.0 Å². The maximum Gasteiger partial charge on any atom is 0.104 e. The van der Waals surface area contributed by atoms with Crippen LogP contribution in [0, 0.1) is 28.6 Å². The zero-order valence-corrected chi connectivity index (χ0v) is 8.07.